The number of anilines is 1. The van der Waals surface area contributed by atoms with Crippen LogP contribution in [0.25, 0.3) is 0 Å². The number of amides is 1. The average molecular weight is 347 g/mol. The van der Waals surface area contributed by atoms with E-state index in [0.717, 1.165) is 0 Å². The van der Waals surface area contributed by atoms with Crippen molar-refractivity contribution >= 4 is 11.6 Å². The second-order valence-corrected chi connectivity index (χ2v) is 6.27. The Morgan fingerprint density at radius 2 is 2.20 bits per heavy atom. The Hall–Kier alpha value is -2.48. The lowest BCUT2D eigenvalue weighted by atomic mass is 10.1. The van der Waals surface area contributed by atoms with Gasteiger partial charge in [0.05, 0.1) is 11.8 Å². The molecule has 1 saturated heterocycles. The summed E-state index contributed by atoms with van der Waals surface area (Å²) in [7, 11) is 0. The van der Waals surface area contributed by atoms with Crippen molar-refractivity contribution in [2.75, 3.05) is 18.0 Å². The van der Waals surface area contributed by atoms with Crippen molar-refractivity contribution in [3.63, 3.8) is 0 Å². The molecule has 2 aromatic rings. The second-order valence-electron chi connectivity index (χ2n) is 6.27. The molecule has 25 heavy (non-hydrogen) atoms. The maximum absolute atomic E-state index is 14.4. The van der Waals surface area contributed by atoms with Crippen molar-refractivity contribution in [3.05, 3.63) is 42.2 Å². The van der Waals surface area contributed by atoms with Crippen LogP contribution in [0, 0.1) is 5.82 Å². The van der Waals surface area contributed by atoms with Gasteiger partial charge in [0.1, 0.15) is 24.5 Å². The molecule has 1 aliphatic heterocycles. The normalized spacial score (nSPS) is 16.7. The Morgan fingerprint density at radius 1 is 1.44 bits per heavy atom. The zero-order valence-corrected chi connectivity index (χ0v) is 14.1. The Bertz CT molecular complexity index is 714. The van der Waals surface area contributed by atoms with Crippen molar-refractivity contribution in [2.45, 2.75) is 38.5 Å². The molecule has 8 heteroatoms. The number of nitrogens with zero attached hydrogens (tertiary/aromatic N) is 4. The first kappa shape index (κ1) is 17.3. The van der Waals surface area contributed by atoms with E-state index < -0.39 is 6.04 Å². The molecule has 1 aliphatic rings. The number of carbonyl (C=O) groups excluding carboxylic acids is 1. The number of aliphatic hydroxyl groups is 1. The molecule has 0 radical (unpaired) electrons. The zero-order chi connectivity index (χ0) is 17.8. The van der Waals surface area contributed by atoms with Crippen LogP contribution in [0.1, 0.15) is 31.4 Å². The fraction of sp³-hybridized carbons (Fsp3) is 0.471. The van der Waals surface area contributed by atoms with Crippen LogP contribution in [0.15, 0.2) is 30.9 Å². The largest absolute Gasteiger partial charge is 0.393 e. The fourth-order valence-corrected chi connectivity index (χ4v) is 2.90. The van der Waals surface area contributed by atoms with Crippen LogP contribution in [0.5, 0.6) is 0 Å². The van der Waals surface area contributed by atoms with E-state index in [4.69, 9.17) is 0 Å². The summed E-state index contributed by atoms with van der Waals surface area (Å²) >= 11 is 0. The monoisotopic (exact) mass is 347 g/mol. The van der Waals surface area contributed by atoms with Gasteiger partial charge >= 0.3 is 0 Å². The van der Waals surface area contributed by atoms with Gasteiger partial charge in [0.2, 0.25) is 5.91 Å². The number of rotatable bonds is 5. The van der Waals surface area contributed by atoms with Gasteiger partial charge in [0.15, 0.2) is 0 Å². The second kappa shape index (κ2) is 7.60. The van der Waals surface area contributed by atoms with Crippen LogP contribution in [-0.4, -0.2) is 45.0 Å². The maximum Gasteiger partial charge on any atom is 0.244 e. The standard InChI is InChI=1S/C17H22FN5O2/c1-12(23-11-19-10-21-23)17(25)20-9-13-2-3-16(15(18)8-13)22-6-4-14(24)5-7-22/h2-3,8,10-12,14,24H,4-7,9H2,1H3,(H,20,25). The van der Waals surface area contributed by atoms with E-state index in [-0.39, 0.29) is 24.4 Å². The van der Waals surface area contributed by atoms with E-state index >= 15 is 0 Å². The van der Waals surface area contributed by atoms with Crippen LogP contribution in [-0.2, 0) is 11.3 Å². The van der Waals surface area contributed by atoms with Crippen LogP contribution >= 0.6 is 0 Å². The topological polar surface area (TPSA) is 83.3 Å². The van der Waals surface area contributed by atoms with Gasteiger partial charge in [0.25, 0.3) is 0 Å². The Labute approximate surface area is 145 Å². The van der Waals surface area contributed by atoms with Crippen molar-refractivity contribution < 1.29 is 14.3 Å². The highest BCUT2D eigenvalue weighted by Gasteiger charge is 2.20. The lowest BCUT2D eigenvalue weighted by Crippen LogP contribution is -2.36. The molecule has 2 heterocycles. The minimum absolute atomic E-state index is 0.208. The first-order valence-corrected chi connectivity index (χ1v) is 8.38. The van der Waals surface area contributed by atoms with Gasteiger partial charge in [-0.1, -0.05) is 6.07 Å². The Kier molecular flexibility index (Phi) is 5.28. The highest BCUT2D eigenvalue weighted by atomic mass is 19.1. The molecule has 1 aromatic carbocycles. The smallest absolute Gasteiger partial charge is 0.244 e. The third-order valence-corrected chi connectivity index (χ3v) is 4.50. The van der Waals surface area contributed by atoms with Crippen LogP contribution in [0.4, 0.5) is 10.1 Å². The SMILES string of the molecule is CC(C(=O)NCc1ccc(N2CCC(O)CC2)c(F)c1)n1cncn1. The molecule has 0 saturated carbocycles. The van der Waals surface area contributed by atoms with Crippen LogP contribution in [0.3, 0.4) is 0 Å². The number of hydrogen-bond donors (Lipinski definition) is 2. The molecule has 0 bridgehead atoms. The molecular weight excluding hydrogens is 325 g/mol. The van der Waals surface area contributed by atoms with E-state index in [0.29, 0.717) is 37.2 Å². The molecule has 3 rings (SSSR count). The van der Waals surface area contributed by atoms with Crippen LogP contribution in [0.2, 0.25) is 0 Å². The minimum Gasteiger partial charge on any atom is -0.393 e. The quantitative estimate of drug-likeness (QED) is 0.851. The molecule has 1 atom stereocenters. The summed E-state index contributed by atoms with van der Waals surface area (Å²) in [5.74, 6) is -0.521. The van der Waals surface area contributed by atoms with E-state index in [2.05, 4.69) is 15.4 Å². The summed E-state index contributed by atoms with van der Waals surface area (Å²) in [4.78, 5) is 17.9. The molecule has 0 aliphatic carbocycles. The van der Waals surface area contributed by atoms with Crippen molar-refractivity contribution in [2.24, 2.45) is 0 Å². The highest BCUT2D eigenvalue weighted by molar-refractivity contribution is 5.79. The summed E-state index contributed by atoms with van der Waals surface area (Å²) in [6.07, 6.45) is 3.86. The summed E-state index contributed by atoms with van der Waals surface area (Å²) < 4.78 is 15.9. The third kappa shape index (κ3) is 4.14. The molecule has 1 amide bonds. The van der Waals surface area contributed by atoms with E-state index in [1.807, 2.05) is 11.0 Å². The number of aromatic nitrogens is 3. The van der Waals surface area contributed by atoms with E-state index in [1.54, 1.807) is 13.0 Å². The fourth-order valence-electron chi connectivity index (χ4n) is 2.90. The van der Waals surface area contributed by atoms with Gasteiger partial charge in [-0.05, 0) is 37.5 Å². The van der Waals surface area contributed by atoms with Gasteiger partial charge in [-0.2, -0.15) is 5.10 Å². The van der Waals surface area contributed by atoms with E-state index in [1.165, 1.54) is 23.4 Å². The molecule has 1 aromatic heterocycles. The van der Waals surface area contributed by atoms with E-state index in [9.17, 15) is 14.3 Å². The van der Waals surface area contributed by atoms with Gasteiger partial charge < -0.3 is 15.3 Å². The van der Waals surface area contributed by atoms with Crippen molar-refractivity contribution in [1.82, 2.24) is 20.1 Å². The number of aliphatic hydroxyl groups excluding tert-OH is 1. The van der Waals surface area contributed by atoms with Crippen LogP contribution < -0.4 is 10.2 Å². The number of halogens is 1. The minimum atomic E-state index is -0.480. The first-order valence-electron chi connectivity index (χ1n) is 8.38. The first-order chi connectivity index (χ1) is 12.0. The summed E-state index contributed by atoms with van der Waals surface area (Å²) in [5, 5.41) is 16.3. The lowest BCUT2D eigenvalue weighted by Gasteiger charge is -2.31. The van der Waals surface area contributed by atoms with Crippen molar-refractivity contribution in [3.8, 4) is 0 Å². The van der Waals surface area contributed by atoms with Gasteiger partial charge in [-0.3, -0.25) is 4.79 Å². The number of hydrogen-bond acceptors (Lipinski definition) is 5. The summed E-state index contributed by atoms with van der Waals surface area (Å²) in [5.41, 5.74) is 1.23. The molecule has 1 fully saturated rings. The number of piperidine rings is 1. The molecule has 1 unspecified atom stereocenters. The number of benzene rings is 1. The predicted octanol–water partition coefficient (Wildman–Crippen LogP) is 1.26. The van der Waals surface area contributed by atoms with Gasteiger partial charge in [0, 0.05) is 19.6 Å². The number of nitrogens with one attached hydrogen (secondary N) is 1. The summed E-state index contributed by atoms with van der Waals surface area (Å²) in [6.45, 7) is 3.25. The molecule has 7 nitrogen and oxygen atoms in total. The average Bonchev–Trinajstić information content (AvgIpc) is 3.14. The zero-order valence-electron chi connectivity index (χ0n) is 14.1. The highest BCUT2D eigenvalue weighted by Crippen LogP contribution is 2.24. The molecular formula is C17H22FN5O2. The molecule has 0 spiro atoms. The lowest BCUT2D eigenvalue weighted by molar-refractivity contribution is -0.124. The molecule has 2 N–H and O–H groups in total. The molecule has 134 valence electrons. The summed E-state index contributed by atoms with van der Waals surface area (Å²) in [6, 6.07) is 4.51. The van der Waals surface area contributed by atoms with Gasteiger partial charge in [-0.25, -0.2) is 14.1 Å². The Morgan fingerprint density at radius 3 is 2.84 bits per heavy atom. The van der Waals surface area contributed by atoms with Gasteiger partial charge in [-0.15, -0.1) is 0 Å². The maximum atomic E-state index is 14.4. The predicted molar refractivity (Wildman–Crippen MR) is 90.4 cm³/mol. The van der Waals surface area contributed by atoms with Crippen molar-refractivity contribution in [1.29, 1.82) is 0 Å². The third-order valence-electron chi connectivity index (χ3n) is 4.50. The number of carbonyl (C=O) groups is 1. The Balaban J connectivity index is 1.58.